The van der Waals surface area contributed by atoms with Gasteiger partial charge in [-0.3, -0.25) is 14.5 Å². The van der Waals surface area contributed by atoms with Crippen LogP contribution in [0.3, 0.4) is 0 Å². The Hall–Kier alpha value is -2.12. The maximum atomic E-state index is 13.0. The van der Waals surface area contributed by atoms with Gasteiger partial charge in [-0.25, -0.2) is 4.79 Å². The van der Waals surface area contributed by atoms with E-state index in [-0.39, 0.29) is 24.1 Å². The Bertz CT molecular complexity index is 905. The van der Waals surface area contributed by atoms with Crippen LogP contribution in [0.2, 0.25) is 5.28 Å². The summed E-state index contributed by atoms with van der Waals surface area (Å²) < 4.78 is 2.95. The highest BCUT2D eigenvalue weighted by atomic mass is 35.5. The van der Waals surface area contributed by atoms with E-state index in [1.165, 1.54) is 4.57 Å². The molecule has 3 rings (SSSR count). The zero-order valence-corrected chi connectivity index (χ0v) is 15.5. The van der Waals surface area contributed by atoms with Crippen LogP contribution in [0, 0.1) is 11.8 Å². The van der Waals surface area contributed by atoms with Crippen molar-refractivity contribution in [2.75, 3.05) is 38.1 Å². The molecule has 0 saturated carbocycles. The quantitative estimate of drug-likeness (QED) is 0.356. The van der Waals surface area contributed by atoms with Gasteiger partial charge in [0.25, 0.3) is 0 Å². The van der Waals surface area contributed by atoms with Gasteiger partial charge in [-0.2, -0.15) is 9.97 Å². The van der Waals surface area contributed by atoms with Crippen molar-refractivity contribution in [1.29, 1.82) is 0 Å². The van der Waals surface area contributed by atoms with Crippen molar-refractivity contribution in [1.82, 2.24) is 29.7 Å². The number of likely N-dealkylation sites (N-methyl/N-ethyl adjacent to an activating group) is 1. The maximum absolute atomic E-state index is 13.0. The molecule has 0 spiro atoms. The largest absolute Gasteiger partial charge is 0.377 e. The van der Waals surface area contributed by atoms with Crippen molar-refractivity contribution in [2.24, 2.45) is 0 Å². The highest BCUT2D eigenvalue weighted by Crippen LogP contribution is 2.25. The minimum Gasteiger partial charge on any atom is -0.377 e. The summed E-state index contributed by atoms with van der Waals surface area (Å²) >= 11 is 6.16. The lowest BCUT2D eigenvalue weighted by Crippen LogP contribution is -2.44. The number of aliphatic hydroxyl groups is 1. The zero-order valence-electron chi connectivity index (χ0n) is 14.8. The molecule has 0 aliphatic carbocycles. The van der Waals surface area contributed by atoms with Gasteiger partial charge in [-0.05, 0) is 25.6 Å². The van der Waals surface area contributed by atoms with Crippen LogP contribution in [0.4, 0.5) is 5.82 Å². The molecule has 2 aromatic heterocycles. The van der Waals surface area contributed by atoms with E-state index >= 15 is 0 Å². The second-order valence-electron chi connectivity index (χ2n) is 5.94. The average molecular weight is 380 g/mol. The van der Waals surface area contributed by atoms with E-state index in [0.717, 1.165) is 26.2 Å². The fourth-order valence-electron chi connectivity index (χ4n) is 3.00. The molecule has 3 N–H and O–H groups in total. The number of hydrogen-bond acceptors (Lipinski definition) is 7. The Morgan fingerprint density at radius 2 is 2.08 bits per heavy atom. The van der Waals surface area contributed by atoms with E-state index in [0.29, 0.717) is 17.0 Å². The van der Waals surface area contributed by atoms with Gasteiger partial charge in [0.1, 0.15) is 11.7 Å². The van der Waals surface area contributed by atoms with Gasteiger partial charge in [0.2, 0.25) is 5.28 Å². The molecule has 0 radical (unpaired) electrons. The molecule has 0 amide bonds. The minimum atomic E-state index is -0.889. The molecule has 1 saturated heterocycles. The third kappa shape index (κ3) is 3.54. The Morgan fingerprint density at radius 3 is 2.73 bits per heavy atom. The molecule has 0 bridgehead atoms. The van der Waals surface area contributed by atoms with E-state index in [1.807, 2.05) is 0 Å². The third-order valence-electron chi connectivity index (χ3n) is 4.33. The van der Waals surface area contributed by atoms with E-state index in [2.05, 4.69) is 37.3 Å². The third-order valence-corrected chi connectivity index (χ3v) is 4.50. The number of nitrogens with zero attached hydrogens (tertiary/aromatic N) is 5. The van der Waals surface area contributed by atoms with Gasteiger partial charge >= 0.3 is 5.69 Å². The predicted molar refractivity (Wildman–Crippen MR) is 100 cm³/mol. The summed E-state index contributed by atoms with van der Waals surface area (Å²) in [5.74, 6) is 6.35. The molecule has 2 aromatic rings. The average Bonchev–Trinajstić information content (AvgIpc) is 2.91. The number of aromatic nitrogens is 4. The SMILES string of the molecule is CC#CCn1c(=O)n(CC(O)NC)c2nc(Cl)nc(N3CCNCC3)c21. The van der Waals surface area contributed by atoms with E-state index < -0.39 is 6.23 Å². The van der Waals surface area contributed by atoms with E-state index in [1.54, 1.807) is 18.5 Å². The molecule has 9 nitrogen and oxygen atoms in total. The van der Waals surface area contributed by atoms with Crippen LogP contribution >= 0.6 is 11.6 Å². The number of fused-ring (bicyclic) bond motifs is 1. The first-order valence-corrected chi connectivity index (χ1v) is 8.81. The molecule has 1 aliphatic rings. The molecular weight excluding hydrogens is 358 g/mol. The number of anilines is 1. The van der Waals surface area contributed by atoms with Crippen molar-refractivity contribution in [3.63, 3.8) is 0 Å². The van der Waals surface area contributed by atoms with Crippen LogP contribution in [0.15, 0.2) is 4.79 Å². The summed E-state index contributed by atoms with van der Waals surface area (Å²) in [5, 5.41) is 16.0. The normalized spacial score (nSPS) is 15.8. The second kappa shape index (κ2) is 8.05. The van der Waals surface area contributed by atoms with Gasteiger partial charge in [-0.15, -0.1) is 5.92 Å². The van der Waals surface area contributed by atoms with E-state index in [4.69, 9.17) is 11.6 Å². The zero-order chi connectivity index (χ0) is 18.7. The van der Waals surface area contributed by atoms with Crippen molar-refractivity contribution < 1.29 is 5.11 Å². The van der Waals surface area contributed by atoms with Gasteiger partial charge < -0.3 is 15.3 Å². The van der Waals surface area contributed by atoms with Gasteiger partial charge in [-0.1, -0.05) is 5.92 Å². The van der Waals surface area contributed by atoms with Crippen LogP contribution in [0.1, 0.15) is 6.92 Å². The fraction of sp³-hybridized carbons (Fsp3) is 0.562. The number of hydrogen-bond donors (Lipinski definition) is 3. The van der Waals surface area contributed by atoms with Gasteiger partial charge in [0, 0.05) is 26.2 Å². The summed E-state index contributed by atoms with van der Waals surface area (Å²) in [6, 6.07) is 0. The molecule has 26 heavy (non-hydrogen) atoms. The number of halogens is 1. The number of aliphatic hydroxyl groups excluding tert-OH is 1. The summed E-state index contributed by atoms with van der Waals surface area (Å²) in [6.45, 7) is 5.13. The predicted octanol–water partition coefficient (Wildman–Crippen LogP) is -0.783. The molecule has 3 heterocycles. The first-order chi connectivity index (χ1) is 12.6. The van der Waals surface area contributed by atoms with Crippen LogP contribution in [-0.4, -0.2) is 63.7 Å². The number of imidazole rings is 1. The smallest absolute Gasteiger partial charge is 0.331 e. The van der Waals surface area contributed by atoms with Crippen LogP contribution in [0.25, 0.3) is 11.2 Å². The van der Waals surface area contributed by atoms with Crippen LogP contribution in [-0.2, 0) is 13.1 Å². The molecule has 1 fully saturated rings. The molecule has 0 aromatic carbocycles. The monoisotopic (exact) mass is 379 g/mol. The van der Waals surface area contributed by atoms with Crippen molar-refractivity contribution >= 4 is 28.6 Å². The summed E-state index contributed by atoms with van der Waals surface area (Å²) in [5.41, 5.74) is 0.688. The number of piperazine rings is 1. The van der Waals surface area contributed by atoms with Crippen LogP contribution < -0.4 is 21.2 Å². The van der Waals surface area contributed by atoms with Crippen molar-refractivity contribution in [2.45, 2.75) is 26.2 Å². The summed E-state index contributed by atoms with van der Waals surface area (Å²) in [6.07, 6.45) is -0.889. The second-order valence-corrected chi connectivity index (χ2v) is 6.27. The number of rotatable bonds is 5. The topological polar surface area (TPSA) is 100 Å². The Balaban J connectivity index is 2.25. The standard InChI is InChI=1S/C16H22ClN7O2/c1-3-4-7-23-12-13(22-8-5-19-6-9-22)20-15(17)21-14(12)24(16(23)26)10-11(25)18-2/h11,18-19,25H,5-10H2,1-2H3. The maximum Gasteiger partial charge on any atom is 0.331 e. The highest BCUT2D eigenvalue weighted by molar-refractivity contribution is 6.28. The highest BCUT2D eigenvalue weighted by Gasteiger charge is 2.24. The van der Waals surface area contributed by atoms with Gasteiger partial charge in [0.15, 0.2) is 11.5 Å². The minimum absolute atomic E-state index is 0.0483. The Labute approximate surface area is 156 Å². The summed E-state index contributed by atoms with van der Waals surface area (Å²) in [4.78, 5) is 23.7. The lowest BCUT2D eigenvalue weighted by atomic mass is 10.3. The molecular formula is C16H22ClN7O2. The summed E-state index contributed by atoms with van der Waals surface area (Å²) in [7, 11) is 1.62. The lowest BCUT2D eigenvalue weighted by molar-refractivity contribution is 0.127. The molecule has 10 heteroatoms. The fourth-order valence-corrected chi connectivity index (χ4v) is 3.16. The first-order valence-electron chi connectivity index (χ1n) is 8.44. The van der Waals surface area contributed by atoms with Crippen molar-refractivity contribution in [3.8, 4) is 11.8 Å². The van der Waals surface area contributed by atoms with Crippen molar-refractivity contribution in [3.05, 3.63) is 15.8 Å². The molecule has 140 valence electrons. The molecule has 1 atom stereocenters. The number of nitrogens with one attached hydrogen (secondary N) is 2. The lowest BCUT2D eigenvalue weighted by Gasteiger charge is -2.28. The van der Waals surface area contributed by atoms with Crippen LogP contribution in [0.5, 0.6) is 0 Å². The Kier molecular flexibility index (Phi) is 5.78. The first kappa shape index (κ1) is 18.7. The molecule has 1 aliphatic heterocycles. The molecule has 1 unspecified atom stereocenters. The van der Waals surface area contributed by atoms with Gasteiger partial charge in [0.05, 0.1) is 13.1 Å². The Morgan fingerprint density at radius 1 is 1.35 bits per heavy atom. The van der Waals surface area contributed by atoms with E-state index in [9.17, 15) is 9.90 Å².